The van der Waals surface area contributed by atoms with Crippen LogP contribution in [0.15, 0.2) is 0 Å². The zero-order valence-corrected chi connectivity index (χ0v) is 13.1. The van der Waals surface area contributed by atoms with Crippen molar-refractivity contribution in [2.75, 3.05) is 27.3 Å². The lowest BCUT2D eigenvalue weighted by molar-refractivity contribution is -0.139. The average Bonchev–Trinajstić information content (AvgIpc) is 3.27. The minimum absolute atomic E-state index is 0.236. The zero-order chi connectivity index (χ0) is 15.8. The molecule has 1 aliphatic carbocycles. The van der Waals surface area contributed by atoms with Gasteiger partial charge in [-0.15, -0.1) is 0 Å². The zero-order valence-electron chi connectivity index (χ0n) is 13.1. The molecule has 122 valence electrons. The Morgan fingerprint density at radius 3 is 2.62 bits per heavy atom. The highest BCUT2D eigenvalue weighted by Gasteiger charge is 2.29. The van der Waals surface area contributed by atoms with Crippen molar-refractivity contribution < 1.29 is 19.4 Å². The van der Waals surface area contributed by atoms with Gasteiger partial charge in [-0.3, -0.25) is 4.90 Å². The van der Waals surface area contributed by atoms with Gasteiger partial charge in [0.1, 0.15) is 6.04 Å². The molecule has 0 aromatic heterocycles. The molecule has 0 heterocycles. The Kier molecular flexibility index (Phi) is 7.45. The van der Waals surface area contributed by atoms with Crippen molar-refractivity contribution in [2.45, 2.75) is 50.7 Å². The first-order chi connectivity index (χ1) is 9.95. The lowest BCUT2D eigenvalue weighted by Crippen LogP contribution is -2.49. The van der Waals surface area contributed by atoms with Crippen molar-refractivity contribution in [3.05, 3.63) is 0 Å². The molecular weight excluding hydrogens is 274 g/mol. The van der Waals surface area contributed by atoms with E-state index in [1.54, 1.807) is 7.11 Å². The summed E-state index contributed by atoms with van der Waals surface area (Å²) in [5, 5.41) is 14.3. The lowest BCUT2D eigenvalue weighted by atomic mass is 10.1. The van der Waals surface area contributed by atoms with E-state index in [9.17, 15) is 9.59 Å². The molecule has 7 heteroatoms. The first-order valence-corrected chi connectivity index (χ1v) is 7.43. The molecule has 0 bridgehead atoms. The molecule has 0 saturated heterocycles. The molecule has 0 aromatic rings. The fourth-order valence-electron chi connectivity index (χ4n) is 2.12. The number of nitrogens with one attached hydrogen (secondary N) is 2. The van der Waals surface area contributed by atoms with E-state index < -0.39 is 18.0 Å². The molecule has 2 atom stereocenters. The minimum Gasteiger partial charge on any atom is -0.480 e. The molecule has 21 heavy (non-hydrogen) atoms. The van der Waals surface area contributed by atoms with Gasteiger partial charge >= 0.3 is 12.0 Å². The number of urea groups is 1. The number of carboxylic acid groups (broad SMARTS) is 1. The number of carboxylic acids is 1. The molecule has 1 aliphatic rings. The van der Waals surface area contributed by atoms with Crippen LogP contribution >= 0.6 is 0 Å². The minimum atomic E-state index is -1.02. The van der Waals surface area contributed by atoms with Crippen molar-refractivity contribution in [3.63, 3.8) is 0 Å². The first-order valence-electron chi connectivity index (χ1n) is 7.43. The number of amides is 2. The highest BCUT2D eigenvalue weighted by Crippen LogP contribution is 2.26. The molecule has 0 radical (unpaired) electrons. The lowest BCUT2D eigenvalue weighted by Gasteiger charge is -2.25. The Balaban J connectivity index is 2.27. The van der Waals surface area contributed by atoms with Gasteiger partial charge in [-0.1, -0.05) is 0 Å². The van der Waals surface area contributed by atoms with Crippen molar-refractivity contribution in [2.24, 2.45) is 0 Å². The highest BCUT2D eigenvalue weighted by atomic mass is 16.5. The van der Waals surface area contributed by atoms with Crippen molar-refractivity contribution in [1.29, 1.82) is 0 Å². The fourth-order valence-corrected chi connectivity index (χ4v) is 2.12. The molecule has 7 nitrogen and oxygen atoms in total. The van der Waals surface area contributed by atoms with Crippen LogP contribution in [0.3, 0.4) is 0 Å². The number of aliphatic carboxylic acids is 1. The summed E-state index contributed by atoms with van der Waals surface area (Å²) in [6, 6.07) is -0.446. The Hall–Kier alpha value is -1.34. The number of rotatable bonds is 10. The second-order valence-corrected chi connectivity index (χ2v) is 5.63. The van der Waals surface area contributed by atoms with Crippen LogP contribution in [0.1, 0.15) is 32.6 Å². The molecule has 1 rings (SSSR count). The van der Waals surface area contributed by atoms with Crippen molar-refractivity contribution in [3.8, 4) is 0 Å². The van der Waals surface area contributed by atoms with Gasteiger partial charge < -0.3 is 20.5 Å². The number of carbonyl (C=O) groups is 2. The summed E-state index contributed by atoms with van der Waals surface area (Å²) >= 11 is 0. The Morgan fingerprint density at radius 2 is 2.10 bits per heavy atom. The third kappa shape index (κ3) is 6.77. The van der Waals surface area contributed by atoms with Crippen LogP contribution in [0.4, 0.5) is 4.79 Å². The second-order valence-electron chi connectivity index (χ2n) is 5.63. The topological polar surface area (TPSA) is 90.9 Å². The Bertz CT molecular complexity index is 347. The van der Waals surface area contributed by atoms with Gasteiger partial charge in [-0.25, -0.2) is 9.59 Å². The molecule has 2 amide bonds. The summed E-state index contributed by atoms with van der Waals surface area (Å²) in [4.78, 5) is 25.1. The first kappa shape index (κ1) is 17.7. The average molecular weight is 301 g/mol. The smallest absolute Gasteiger partial charge is 0.326 e. The molecule has 1 saturated carbocycles. The van der Waals surface area contributed by atoms with Crippen molar-refractivity contribution in [1.82, 2.24) is 15.5 Å². The largest absolute Gasteiger partial charge is 0.480 e. The number of likely N-dealkylation sites (N-methyl/N-ethyl adjacent to an activating group) is 1. The molecular formula is C14H27N3O4. The third-order valence-corrected chi connectivity index (χ3v) is 3.82. The number of hydrogen-bond acceptors (Lipinski definition) is 4. The second kappa shape index (κ2) is 8.84. The number of ether oxygens (including phenoxy) is 1. The number of methoxy groups -OCH3 is 1. The predicted octanol–water partition coefficient (Wildman–Crippen LogP) is 0.648. The Labute approximate surface area is 126 Å². The maximum atomic E-state index is 11.8. The third-order valence-electron chi connectivity index (χ3n) is 3.82. The molecule has 2 unspecified atom stereocenters. The summed E-state index contributed by atoms with van der Waals surface area (Å²) < 4.78 is 4.88. The maximum absolute atomic E-state index is 11.8. The summed E-state index contributed by atoms with van der Waals surface area (Å²) in [5.41, 5.74) is 0. The number of carbonyl (C=O) groups excluding carboxylic acids is 1. The highest BCUT2D eigenvalue weighted by molar-refractivity contribution is 5.82. The van der Waals surface area contributed by atoms with Crippen LogP contribution in [-0.2, 0) is 9.53 Å². The van der Waals surface area contributed by atoms with Gasteiger partial charge in [0.2, 0.25) is 0 Å². The van der Waals surface area contributed by atoms with Gasteiger partial charge in [-0.05, 0) is 39.7 Å². The SMILES string of the molecule is COCCCC(NC(=O)NCC(C)N(C)C1CC1)C(=O)O. The van der Waals surface area contributed by atoms with E-state index >= 15 is 0 Å². The van der Waals surface area contributed by atoms with E-state index in [2.05, 4.69) is 15.5 Å². The van der Waals surface area contributed by atoms with Gasteiger partial charge in [0.15, 0.2) is 0 Å². The standard InChI is InChI=1S/C14H27N3O4/c1-10(17(2)11-6-7-11)9-15-14(20)16-12(13(18)19)5-4-8-21-3/h10-12H,4-9H2,1-3H3,(H,18,19)(H2,15,16,20). The van der Waals surface area contributed by atoms with Gasteiger partial charge in [0.25, 0.3) is 0 Å². The van der Waals surface area contributed by atoms with Crippen LogP contribution in [-0.4, -0.2) is 67.4 Å². The summed E-state index contributed by atoms with van der Waals surface area (Å²) in [5.74, 6) is -1.02. The van der Waals surface area contributed by atoms with E-state index in [0.717, 1.165) is 0 Å². The fraction of sp³-hybridized carbons (Fsp3) is 0.857. The van der Waals surface area contributed by atoms with Gasteiger partial charge in [0, 0.05) is 32.3 Å². The normalized spacial score (nSPS) is 17.3. The number of nitrogens with zero attached hydrogens (tertiary/aromatic N) is 1. The quantitative estimate of drug-likeness (QED) is 0.515. The molecule has 0 spiro atoms. The van der Waals surface area contributed by atoms with E-state index in [4.69, 9.17) is 9.84 Å². The van der Waals surface area contributed by atoms with Crippen LogP contribution in [0.5, 0.6) is 0 Å². The summed E-state index contributed by atoms with van der Waals surface area (Å²) in [7, 11) is 3.61. The van der Waals surface area contributed by atoms with Crippen LogP contribution in [0.2, 0.25) is 0 Å². The van der Waals surface area contributed by atoms with E-state index in [1.165, 1.54) is 12.8 Å². The van der Waals surface area contributed by atoms with E-state index in [1.807, 2.05) is 14.0 Å². The van der Waals surface area contributed by atoms with Crippen LogP contribution < -0.4 is 10.6 Å². The molecule has 0 aliphatic heterocycles. The van der Waals surface area contributed by atoms with Crippen molar-refractivity contribution >= 4 is 12.0 Å². The van der Waals surface area contributed by atoms with Gasteiger partial charge in [-0.2, -0.15) is 0 Å². The Morgan fingerprint density at radius 1 is 1.43 bits per heavy atom. The van der Waals surface area contributed by atoms with E-state index in [-0.39, 0.29) is 6.04 Å². The molecule has 1 fully saturated rings. The number of hydrogen-bond donors (Lipinski definition) is 3. The summed E-state index contributed by atoms with van der Waals surface area (Å²) in [6.45, 7) is 3.03. The van der Waals surface area contributed by atoms with Crippen LogP contribution in [0, 0.1) is 0 Å². The predicted molar refractivity (Wildman–Crippen MR) is 79.3 cm³/mol. The monoisotopic (exact) mass is 301 g/mol. The van der Waals surface area contributed by atoms with E-state index in [0.29, 0.717) is 32.0 Å². The summed E-state index contributed by atoms with van der Waals surface area (Å²) in [6.07, 6.45) is 3.38. The van der Waals surface area contributed by atoms with Crippen LogP contribution in [0.25, 0.3) is 0 Å². The van der Waals surface area contributed by atoms with Gasteiger partial charge in [0.05, 0.1) is 0 Å². The maximum Gasteiger partial charge on any atom is 0.326 e. The molecule has 3 N–H and O–H groups in total. The molecule has 0 aromatic carbocycles.